The Bertz CT molecular complexity index is 488. The summed E-state index contributed by atoms with van der Waals surface area (Å²) in [6.07, 6.45) is 0.156. The largest absolute Gasteiger partial charge is 0.370 e. The summed E-state index contributed by atoms with van der Waals surface area (Å²) in [6, 6.07) is 14.6. The van der Waals surface area contributed by atoms with Crippen LogP contribution < -0.4 is 5.73 Å². The monoisotopic (exact) mass is 229 g/mol. The van der Waals surface area contributed by atoms with Crippen molar-refractivity contribution < 1.29 is 4.74 Å². The van der Waals surface area contributed by atoms with Crippen molar-refractivity contribution in [2.45, 2.75) is 26.1 Å². The Labute approximate surface area is 102 Å². The molecule has 0 aliphatic heterocycles. The maximum absolute atomic E-state index is 5.87. The van der Waals surface area contributed by atoms with Crippen LogP contribution in [0, 0.1) is 0 Å². The topological polar surface area (TPSA) is 35.2 Å². The molecule has 0 aliphatic carbocycles. The van der Waals surface area contributed by atoms with Gasteiger partial charge >= 0.3 is 0 Å². The van der Waals surface area contributed by atoms with Gasteiger partial charge in [-0.25, -0.2) is 0 Å². The van der Waals surface area contributed by atoms with Crippen LogP contribution in [0.3, 0.4) is 0 Å². The maximum Gasteiger partial charge on any atom is 0.0956 e. The first-order chi connectivity index (χ1) is 8.22. The first-order valence-electron chi connectivity index (χ1n) is 6.05. The summed E-state index contributed by atoms with van der Waals surface area (Å²) >= 11 is 0. The van der Waals surface area contributed by atoms with E-state index in [4.69, 9.17) is 10.5 Å². The minimum atomic E-state index is -0.0268. The summed E-state index contributed by atoms with van der Waals surface area (Å²) in [5.74, 6) is 0. The third-order valence-electron chi connectivity index (χ3n) is 2.82. The van der Waals surface area contributed by atoms with Crippen LogP contribution in [0.2, 0.25) is 0 Å². The van der Waals surface area contributed by atoms with E-state index in [1.54, 1.807) is 0 Å². The molecule has 2 aromatic carbocycles. The predicted molar refractivity (Wildman–Crippen MR) is 72.0 cm³/mol. The molecule has 0 amide bonds. The van der Waals surface area contributed by atoms with Crippen LogP contribution in [0.4, 0.5) is 0 Å². The Balaban J connectivity index is 2.46. The molecular weight excluding hydrogens is 210 g/mol. The summed E-state index contributed by atoms with van der Waals surface area (Å²) < 4.78 is 5.87. The highest BCUT2D eigenvalue weighted by atomic mass is 16.5. The molecule has 0 bridgehead atoms. The normalized spacial score (nSPS) is 13.2. The van der Waals surface area contributed by atoms with Gasteiger partial charge in [0.1, 0.15) is 0 Å². The van der Waals surface area contributed by atoms with Gasteiger partial charge in [0, 0.05) is 6.54 Å². The van der Waals surface area contributed by atoms with Crippen molar-refractivity contribution in [1.82, 2.24) is 0 Å². The molecule has 2 heteroatoms. The van der Waals surface area contributed by atoms with Crippen molar-refractivity contribution >= 4 is 10.8 Å². The molecule has 0 saturated heterocycles. The number of fused-ring (bicyclic) bond motifs is 1. The zero-order valence-electron chi connectivity index (χ0n) is 10.4. The fraction of sp³-hybridized carbons (Fsp3) is 0.333. The quantitative estimate of drug-likeness (QED) is 0.873. The van der Waals surface area contributed by atoms with E-state index in [1.807, 2.05) is 19.9 Å². The zero-order chi connectivity index (χ0) is 12.3. The highest BCUT2D eigenvalue weighted by Gasteiger charge is 2.14. The van der Waals surface area contributed by atoms with Crippen LogP contribution in [-0.2, 0) is 4.74 Å². The lowest BCUT2D eigenvalue weighted by molar-refractivity contribution is 0.0128. The van der Waals surface area contributed by atoms with Gasteiger partial charge in [-0.3, -0.25) is 0 Å². The van der Waals surface area contributed by atoms with Crippen LogP contribution in [0.1, 0.15) is 25.5 Å². The van der Waals surface area contributed by atoms with Crippen molar-refractivity contribution in [1.29, 1.82) is 0 Å². The minimum absolute atomic E-state index is 0.0268. The second-order valence-electron chi connectivity index (χ2n) is 4.48. The number of hydrogen-bond acceptors (Lipinski definition) is 2. The molecule has 2 N–H and O–H groups in total. The van der Waals surface area contributed by atoms with Crippen LogP contribution >= 0.6 is 0 Å². The third kappa shape index (κ3) is 2.65. The zero-order valence-corrected chi connectivity index (χ0v) is 10.4. The summed E-state index contributed by atoms with van der Waals surface area (Å²) in [7, 11) is 0. The standard InChI is InChI=1S/C15H19NO/c1-11(2)17-15(10-16)14-9-5-7-12-6-3-4-8-13(12)14/h3-9,11,15H,10,16H2,1-2H3/t15-/m0/s1. The number of ether oxygens (including phenoxy) is 1. The molecule has 0 radical (unpaired) electrons. The summed E-state index contributed by atoms with van der Waals surface area (Å²) in [5.41, 5.74) is 7.00. The lowest BCUT2D eigenvalue weighted by Crippen LogP contribution is -2.19. The molecule has 0 heterocycles. The van der Waals surface area contributed by atoms with Crippen molar-refractivity contribution in [3.63, 3.8) is 0 Å². The molecule has 2 aromatic rings. The Morgan fingerprint density at radius 2 is 1.76 bits per heavy atom. The van der Waals surface area contributed by atoms with E-state index in [1.165, 1.54) is 16.3 Å². The van der Waals surface area contributed by atoms with Gasteiger partial charge in [0.15, 0.2) is 0 Å². The van der Waals surface area contributed by atoms with E-state index in [0.29, 0.717) is 6.54 Å². The molecule has 0 spiro atoms. The van der Waals surface area contributed by atoms with Gasteiger partial charge < -0.3 is 10.5 Å². The molecule has 0 saturated carbocycles. The lowest BCUT2D eigenvalue weighted by atomic mass is 10.0. The van der Waals surface area contributed by atoms with Crippen molar-refractivity contribution in [2.24, 2.45) is 5.73 Å². The van der Waals surface area contributed by atoms with Gasteiger partial charge in [-0.05, 0) is 30.2 Å². The smallest absolute Gasteiger partial charge is 0.0956 e. The molecule has 0 aromatic heterocycles. The summed E-state index contributed by atoms with van der Waals surface area (Å²) in [5, 5.41) is 2.46. The first-order valence-corrected chi connectivity index (χ1v) is 6.05. The van der Waals surface area contributed by atoms with Gasteiger partial charge in [0.2, 0.25) is 0 Å². The molecule has 0 fully saturated rings. The van der Waals surface area contributed by atoms with E-state index >= 15 is 0 Å². The summed E-state index contributed by atoms with van der Waals surface area (Å²) in [4.78, 5) is 0. The van der Waals surface area contributed by atoms with Gasteiger partial charge in [0.25, 0.3) is 0 Å². The van der Waals surface area contributed by atoms with E-state index in [0.717, 1.165) is 0 Å². The lowest BCUT2D eigenvalue weighted by Gasteiger charge is -2.20. The number of rotatable bonds is 4. The Morgan fingerprint density at radius 1 is 1.06 bits per heavy atom. The maximum atomic E-state index is 5.87. The average Bonchev–Trinajstić information content (AvgIpc) is 2.35. The minimum Gasteiger partial charge on any atom is -0.370 e. The molecule has 0 aliphatic rings. The van der Waals surface area contributed by atoms with Gasteiger partial charge in [0.05, 0.1) is 12.2 Å². The van der Waals surface area contributed by atoms with E-state index in [-0.39, 0.29) is 12.2 Å². The fourth-order valence-electron chi connectivity index (χ4n) is 2.12. The third-order valence-corrected chi connectivity index (χ3v) is 2.82. The van der Waals surface area contributed by atoms with Crippen molar-refractivity contribution in [3.8, 4) is 0 Å². The summed E-state index contributed by atoms with van der Waals surface area (Å²) in [6.45, 7) is 4.58. The van der Waals surface area contributed by atoms with E-state index in [2.05, 4.69) is 36.4 Å². The van der Waals surface area contributed by atoms with E-state index in [9.17, 15) is 0 Å². The molecule has 90 valence electrons. The van der Waals surface area contributed by atoms with E-state index < -0.39 is 0 Å². The Morgan fingerprint density at radius 3 is 2.47 bits per heavy atom. The fourth-order valence-corrected chi connectivity index (χ4v) is 2.12. The predicted octanol–water partition coefficient (Wildman–Crippen LogP) is 3.26. The number of nitrogens with two attached hydrogens (primary N) is 1. The Kier molecular flexibility index (Phi) is 3.77. The average molecular weight is 229 g/mol. The second kappa shape index (κ2) is 5.30. The molecule has 17 heavy (non-hydrogen) atoms. The SMILES string of the molecule is CC(C)O[C@@H](CN)c1cccc2ccccc12. The molecular formula is C15H19NO. The van der Waals surface area contributed by atoms with Gasteiger partial charge in [-0.2, -0.15) is 0 Å². The highest BCUT2D eigenvalue weighted by molar-refractivity contribution is 5.86. The second-order valence-corrected chi connectivity index (χ2v) is 4.48. The van der Waals surface area contributed by atoms with Crippen molar-refractivity contribution in [3.05, 3.63) is 48.0 Å². The van der Waals surface area contributed by atoms with Crippen LogP contribution in [-0.4, -0.2) is 12.6 Å². The number of hydrogen-bond donors (Lipinski definition) is 1. The molecule has 2 rings (SSSR count). The number of benzene rings is 2. The van der Waals surface area contributed by atoms with Crippen LogP contribution in [0.25, 0.3) is 10.8 Å². The molecule has 1 atom stereocenters. The first kappa shape index (κ1) is 12.1. The van der Waals surface area contributed by atoms with Gasteiger partial charge in [-0.1, -0.05) is 42.5 Å². The highest BCUT2D eigenvalue weighted by Crippen LogP contribution is 2.26. The van der Waals surface area contributed by atoms with Crippen LogP contribution in [0.5, 0.6) is 0 Å². The Hall–Kier alpha value is -1.38. The molecule has 0 unspecified atom stereocenters. The molecule has 2 nitrogen and oxygen atoms in total. The van der Waals surface area contributed by atoms with Gasteiger partial charge in [-0.15, -0.1) is 0 Å². The van der Waals surface area contributed by atoms with Crippen molar-refractivity contribution in [2.75, 3.05) is 6.54 Å². The van der Waals surface area contributed by atoms with Crippen LogP contribution in [0.15, 0.2) is 42.5 Å².